The molecule has 3 nitrogen and oxygen atoms in total. The molecule has 0 aliphatic carbocycles. The molecule has 0 aliphatic rings. The van der Waals surface area contributed by atoms with Crippen LogP contribution in [0.3, 0.4) is 0 Å². The molecule has 0 saturated carbocycles. The zero-order valence-corrected chi connectivity index (χ0v) is 31.7. The predicted molar refractivity (Wildman–Crippen MR) is 243 cm³/mol. The number of imidazole rings is 1. The van der Waals surface area contributed by atoms with E-state index in [9.17, 15) is 0 Å². The Morgan fingerprint density at radius 2 is 0.807 bits per heavy atom. The van der Waals surface area contributed by atoms with Gasteiger partial charge in [-0.25, -0.2) is 4.98 Å². The van der Waals surface area contributed by atoms with Crippen molar-refractivity contribution in [2.45, 2.75) is 0 Å². The number of rotatable bonds is 4. The molecule has 4 heteroatoms. The Bertz CT molecular complexity index is 3610. The molecule has 0 amide bonds. The Labute approximate surface area is 328 Å². The second-order valence-corrected chi connectivity index (χ2v) is 17.9. The normalized spacial score (nSPS) is 12.3. The van der Waals surface area contributed by atoms with Gasteiger partial charge in [0.25, 0.3) is 0 Å². The molecule has 10 aromatic carbocycles. The van der Waals surface area contributed by atoms with Crippen molar-refractivity contribution in [1.82, 2.24) is 9.38 Å². The van der Waals surface area contributed by atoms with Crippen LogP contribution in [-0.4, -0.2) is 9.38 Å². The minimum absolute atomic E-state index is 0.828. The van der Waals surface area contributed by atoms with Crippen molar-refractivity contribution in [2.75, 3.05) is 0 Å². The maximum absolute atomic E-state index is 15.9. The van der Waals surface area contributed by atoms with E-state index < -0.39 is 7.14 Å². The lowest BCUT2D eigenvalue weighted by Crippen LogP contribution is -2.25. The highest BCUT2D eigenvalue weighted by Crippen LogP contribution is 2.45. The lowest BCUT2D eigenvalue weighted by Gasteiger charge is -2.22. The molecule has 12 aromatic rings. The van der Waals surface area contributed by atoms with E-state index in [4.69, 9.17) is 4.98 Å². The first-order valence-electron chi connectivity index (χ1n) is 19.4. The second-order valence-electron chi connectivity index (χ2n) is 15.2. The van der Waals surface area contributed by atoms with Crippen LogP contribution in [0.4, 0.5) is 0 Å². The molecule has 2 heterocycles. The molecule has 2 aromatic heterocycles. The summed E-state index contributed by atoms with van der Waals surface area (Å²) >= 11 is 0. The van der Waals surface area contributed by atoms with Crippen molar-refractivity contribution in [1.29, 1.82) is 0 Å². The zero-order valence-electron chi connectivity index (χ0n) is 30.8. The van der Waals surface area contributed by atoms with Crippen LogP contribution in [-0.2, 0) is 4.57 Å². The van der Waals surface area contributed by atoms with E-state index in [0.717, 1.165) is 86.9 Å². The summed E-state index contributed by atoms with van der Waals surface area (Å²) in [6.45, 7) is 0. The predicted octanol–water partition coefficient (Wildman–Crippen LogP) is 12.7. The van der Waals surface area contributed by atoms with Gasteiger partial charge in [-0.3, -0.25) is 4.40 Å². The standard InChI is InChI=1S/C53H33N2OP/c56-57(44-23-19-34-9-1-3-11-36(34)28-44,45-24-20-35-10-2-4-12-37(35)29-45)46-25-21-41-27-40(17-18-42(41)30-46)43-22-26-51-48(32-43)47-31-38-13-5-6-14-39(38)33-49(47)53-54-50-15-7-8-16-52(50)55(51)53/h1-33H. The minimum atomic E-state index is -3.27. The van der Waals surface area contributed by atoms with Crippen LogP contribution < -0.4 is 15.9 Å². The molecule has 0 fully saturated rings. The maximum Gasteiger partial charge on any atom is 0.171 e. The molecule has 12 rings (SSSR count). The summed E-state index contributed by atoms with van der Waals surface area (Å²) in [6, 6.07) is 70.5. The van der Waals surface area contributed by atoms with Crippen LogP contribution in [0.2, 0.25) is 0 Å². The number of benzene rings is 10. The highest BCUT2D eigenvalue weighted by atomic mass is 31.2. The largest absolute Gasteiger partial charge is 0.309 e. The smallest absolute Gasteiger partial charge is 0.171 e. The summed E-state index contributed by atoms with van der Waals surface area (Å²) in [7, 11) is -3.27. The van der Waals surface area contributed by atoms with Crippen molar-refractivity contribution in [3.8, 4) is 11.1 Å². The Hall–Kier alpha value is -7.06. The molecule has 266 valence electrons. The number of fused-ring (bicyclic) bond motifs is 12. The highest BCUT2D eigenvalue weighted by molar-refractivity contribution is 7.85. The van der Waals surface area contributed by atoms with Crippen LogP contribution in [0.1, 0.15) is 0 Å². The second kappa shape index (κ2) is 12.2. The van der Waals surface area contributed by atoms with Gasteiger partial charge in [0, 0.05) is 26.7 Å². The Kier molecular flexibility index (Phi) is 6.90. The topological polar surface area (TPSA) is 34.4 Å². The molecular formula is C53H33N2OP. The molecule has 0 atom stereocenters. The van der Waals surface area contributed by atoms with Gasteiger partial charge in [-0.1, -0.05) is 140 Å². The molecule has 0 bridgehead atoms. The van der Waals surface area contributed by atoms with Crippen molar-refractivity contribution in [3.63, 3.8) is 0 Å². The van der Waals surface area contributed by atoms with E-state index in [1.54, 1.807) is 0 Å². The summed E-state index contributed by atoms with van der Waals surface area (Å²) in [6.07, 6.45) is 0. The Morgan fingerprint density at radius 3 is 1.46 bits per heavy atom. The van der Waals surface area contributed by atoms with Crippen molar-refractivity contribution >= 4 is 105 Å². The summed E-state index contributed by atoms with van der Waals surface area (Å²) in [5.74, 6) is 0. The first-order valence-corrected chi connectivity index (χ1v) is 21.1. The summed E-state index contributed by atoms with van der Waals surface area (Å²) in [4.78, 5) is 5.15. The Balaban J connectivity index is 1.03. The molecule has 0 unspecified atom stereocenters. The van der Waals surface area contributed by atoms with Crippen LogP contribution in [0, 0.1) is 0 Å². The average Bonchev–Trinajstić information content (AvgIpc) is 3.67. The van der Waals surface area contributed by atoms with Gasteiger partial charge >= 0.3 is 0 Å². The molecule has 0 saturated heterocycles. The first kappa shape index (κ1) is 32.2. The molecule has 0 spiro atoms. The van der Waals surface area contributed by atoms with Gasteiger partial charge < -0.3 is 4.57 Å². The quantitative estimate of drug-likeness (QED) is 0.102. The van der Waals surface area contributed by atoms with Gasteiger partial charge in [0.05, 0.1) is 16.6 Å². The zero-order chi connectivity index (χ0) is 37.7. The summed E-state index contributed by atoms with van der Waals surface area (Å²) < 4.78 is 18.2. The van der Waals surface area contributed by atoms with E-state index in [0.29, 0.717) is 0 Å². The first-order chi connectivity index (χ1) is 28.1. The van der Waals surface area contributed by atoms with E-state index in [1.807, 2.05) is 24.3 Å². The summed E-state index contributed by atoms with van der Waals surface area (Å²) in [5.41, 5.74) is 6.48. The average molecular weight is 745 g/mol. The number of nitrogens with zero attached hydrogens (tertiary/aromatic N) is 2. The number of aromatic nitrogens is 2. The molecule has 57 heavy (non-hydrogen) atoms. The van der Waals surface area contributed by atoms with Gasteiger partial charge in [0.2, 0.25) is 0 Å². The van der Waals surface area contributed by atoms with E-state index in [1.165, 1.54) is 21.5 Å². The fourth-order valence-corrected chi connectivity index (χ4v) is 11.7. The van der Waals surface area contributed by atoms with Crippen molar-refractivity contribution in [2.24, 2.45) is 0 Å². The lowest BCUT2D eigenvalue weighted by atomic mass is 9.96. The van der Waals surface area contributed by atoms with Crippen molar-refractivity contribution < 1.29 is 4.57 Å². The third kappa shape index (κ3) is 4.93. The van der Waals surface area contributed by atoms with E-state index in [2.05, 4.69) is 180 Å². The third-order valence-electron chi connectivity index (χ3n) is 11.9. The molecule has 0 aliphatic heterocycles. The lowest BCUT2D eigenvalue weighted by molar-refractivity contribution is 0.592. The number of hydrogen-bond donors (Lipinski definition) is 0. The van der Waals surface area contributed by atoms with Crippen LogP contribution >= 0.6 is 7.14 Å². The van der Waals surface area contributed by atoms with Gasteiger partial charge in [-0.05, 0) is 120 Å². The molecular weight excluding hydrogens is 712 g/mol. The van der Waals surface area contributed by atoms with E-state index in [-0.39, 0.29) is 0 Å². The van der Waals surface area contributed by atoms with Gasteiger partial charge in [-0.2, -0.15) is 0 Å². The monoisotopic (exact) mass is 744 g/mol. The SMILES string of the molecule is O=P(c1ccc2ccccc2c1)(c1ccc2ccccc2c1)c1ccc2cc(-c3ccc4c(c3)c3cc5ccccc5cc3c3nc5ccccc5n43)ccc2c1. The number of para-hydroxylation sites is 2. The highest BCUT2D eigenvalue weighted by Gasteiger charge is 2.31. The maximum atomic E-state index is 15.9. The molecule has 0 N–H and O–H groups in total. The fraction of sp³-hybridized carbons (Fsp3) is 0. The Morgan fingerprint density at radius 1 is 0.351 bits per heavy atom. The van der Waals surface area contributed by atoms with Gasteiger partial charge in [0.15, 0.2) is 7.14 Å². The fourth-order valence-electron chi connectivity index (χ4n) is 9.03. The van der Waals surface area contributed by atoms with Crippen LogP contribution in [0.5, 0.6) is 0 Å². The summed E-state index contributed by atoms with van der Waals surface area (Å²) in [5, 5.41) is 15.0. The van der Waals surface area contributed by atoms with Crippen LogP contribution in [0.15, 0.2) is 200 Å². The van der Waals surface area contributed by atoms with Crippen LogP contribution in [0.25, 0.3) is 92.6 Å². The molecule has 0 radical (unpaired) electrons. The van der Waals surface area contributed by atoms with Crippen molar-refractivity contribution in [3.05, 3.63) is 200 Å². The third-order valence-corrected chi connectivity index (χ3v) is 14.9. The number of pyridine rings is 1. The number of hydrogen-bond acceptors (Lipinski definition) is 2. The van der Waals surface area contributed by atoms with Gasteiger partial charge in [0.1, 0.15) is 5.65 Å². The van der Waals surface area contributed by atoms with E-state index >= 15 is 4.57 Å². The van der Waals surface area contributed by atoms with Gasteiger partial charge in [-0.15, -0.1) is 0 Å². The minimum Gasteiger partial charge on any atom is -0.309 e.